The highest BCUT2D eigenvalue weighted by Crippen LogP contribution is 2.22. The Hall–Kier alpha value is -2.19. The van der Waals surface area contributed by atoms with Crippen LogP contribution in [-0.4, -0.2) is 66.8 Å². The van der Waals surface area contributed by atoms with Gasteiger partial charge < -0.3 is 19.1 Å². The third kappa shape index (κ3) is 5.17. The Labute approximate surface area is 162 Å². The molecule has 1 saturated heterocycles. The highest BCUT2D eigenvalue weighted by Gasteiger charge is 2.21. The molecule has 1 aromatic carbocycles. The molecule has 0 aliphatic carbocycles. The van der Waals surface area contributed by atoms with Gasteiger partial charge in [-0.05, 0) is 44.3 Å². The largest absolute Gasteiger partial charge is 0.511 e. The molecule has 2 heterocycles. The standard InChI is InChI=1S/C19H24N2O5S/c1-20(2)9-7-14-11-21(17-6-4-3-5-16(14)17)18(22)24-13-25-19(23)26-15-8-10-27-12-15/h3-6,11,15H,7-10,12-13H2,1-2H3. The van der Waals surface area contributed by atoms with Crippen LogP contribution in [-0.2, 0) is 20.6 Å². The first-order valence-corrected chi connectivity index (χ1v) is 10.0. The van der Waals surface area contributed by atoms with E-state index in [1.807, 2.05) is 38.4 Å². The van der Waals surface area contributed by atoms with Gasteiger partial charge in [0.2, 0.25) is 6.79 Å². The molecule has 1 aromatic heterocycles. The van der Waals surface area contributed by atoms with E-state index in [9.17, 15) is 9.59 Å². The van der Waals surface area contributed by atoms with Crippen LogP contribution in [0.25, 0.3) is 10.9 Å². The normalized spacial score (nSPS) is 16.6. The fourth-order valence-electron chi connectivity index (χ4n) is 2.92. The molecular formula is C19H24N2O5S. The van der Waals surface area contributed by atoms with Crippen molar-refractivity contribution in [1.29, 1.82) is 0 Å². The van der Waals surface area contributed by atoms with E-state index in [2.05, 4.69) is 4.90 Å². The van der Waals surface area contributed by atoms with Crippen LogP contribution in [0.1, 0.15) is 12.0 Å². The Kier molecular flexibility index (Phi) is 6.63. The van der Waals surface area contributed by atoms with Crippen LogP contribution in [0.3, 0.4) is 0 Å². The number of likely N-dealkylation sites (N-methyl/N-ethyl adjacent to an activating group) is 1. The second-order valence-electron chi connectivity index (χ2n) is 6.62. The quantitative estimate of drug-likeness (QED) is 0.551. The Bertz CT molecular complexity index is 798. The number of para-hydroxylation sites is 1. The summed E-state index contributed by atoms with van der Waals surface area (Å²) in [7, 11) is 4.02. The molecule has 7 nitrogen and oxygen atoms in total. The number of fused-ring (bicyclic) bond motifs is 1. The maximum absolute atomic E-state index is 12.4. The zero-order valence-corrected chi connectivity index (χ0v) is 16.4. The van der Waals surface area contributed by atoms with Crippen LogP contribution in [0, 0.1) is 0 Å². The molecule has 27 heavy (non-hydrogen) atoms. The molecule has 146 valence electrons. The Morgan fingerprint density at radius 2 is 2.07 bits per heavy atom. The predicted molar refractivity (Wildman–Crippen MR) is 104 cm³/mol. The summed E-state index contributed by atoms with van der Waals surface area (Å²) < 4.78 is 16.5. The molecule has 1 unspecified atom stereocenters. The number of thioether (sulfide) groups is 1. The summed E-state index contributed by atoms with van der Waals surface area (Å²) in [5.41, 5.74) is 1.83. The van der Waals surface area contributed by atoms with Crippen molar-refractivity contribution in [2.75, 3.05) is 38.9 Å². The Morgan fingerprint density at radius 3 is 2.81 bits per heavy atom. The Balaban J connectivity index is 1.59. The minimum Gasteiger partial charge on any atom is -0.430 e. The van der Waals surface area contributed by atoms with Gasteiger partial charge in [-0.3, -0.25) is 4.57 Å². The topological polar surface area (TPSA) is 70.0 Å². The molecule has 2 aromatic rings. The molecule has 0 bridgehead atoms. The third-order valence-electron chi connectivity index (χ3n) is 4.33. The smallest absolute Gasteiger partial charge is 0.430 e. The number of nitrogens with zero attached hydrogens (tertiary/aromatic N) is 2. The zero-order valence-electron chi connectivity index (χ0n) is 15.6. The van der Waals surface area contributed by atoms with Crippen LogP contribution >= 0.6 is 11.8 Å². The summed E-state index contributed by atoms with van der Waals surface area (Å²) in [6, 6.07) is 7.66. The highest BCUT2D eigenvalue weighted by atomic mass is 32.2. The van der Waals surface area contributed by atoms with Gasteiger partial charge >= 0.3 is 12.2 Å². The number of hydrogen-bond donors (Lipinski definition) is 0. The monoisotopic (exact) mass is 392 g/mol. The minimum absolute atomic E-state index is 0.120. The molecule has 0 amide bonds. The maximum atomic E-state index is 12.4. The van der Waals surface area contributed by atoms with E-state index in [0.29, 0.717) is 0 Å². The summed E-state index contributed by atoms with van der Waals surface area (Å²) in [5, 5.41) is 1.01. The minimum atomic E-state index is -0.806. The second kappa shape index (κ2) is 9.14. The zero-order chi connectivity index (χ0) is 19.2. The second-order valence-corrected chi connectivity index (χ2v) is 7.77. The average molecular weight is 392 g/mol. The van der Waals surface area contributed by atoms with Crippen LogP contribution in [0.15, 0.2) is 30.5 Å². The van der Waals surface area contributed by atoms with E-state index in [0.717, 1.165) is 47.4 Å². The lowest BCUT2D eigenvalue weighted by Gasteiger charge is -2.11. The van der Waals surface area contributed by atoms with Crippen molar-refractivity contribution in [1.82, 2.24) is 9.47 Å². The molecule has 3 rings (SSSR count). The molecule has 0 N–H and O–H groups in total. The van der Waals surface area contributed by atoms with E-state index in [1.54, 1.807) is 18.0 Å². The average Bonchev–Trinajstić information content (AvgIpc) is 3.27. The predicted octanol–water partition coefficient (Wildman–Crippen LogP) is 3.35. The van der Waals surface area contributed by atoms with Crippen LogP contribution < -0.4 is 0 Å². The number of carbonyl (C=O) groups is 2. The molecule has 0 saturated carbocycles. The van der Waals surface area contributed by atoms with Crippen molar-refractivity contribution in [2.45, 2.75) is 18.9 Å². The fourth-order valence-corrected chi connectivity index (χ4v) is 4.01. The van der Waals surface area contributed by atoms with Gasteiger partial charge in [0.05, 0.1) is 5.52 Å². The molecule has 8 heteroatoms. The number of carbonyl (C=O) groups excluding carboxylic acids is 2. The molecule has 1 aliphatic heterocycles. The first-order chi connectivity index (χ1) is 13.0. The highest BCUT2D eigenvalue weighted by molar-refractivity contribution is 7.99. The summed E-state index contributed by atoms with van der Waals surface area (Å²) in [4.78, 5) is 26.1. The molecule has 1 aliphatic rings. The van der Waals surface area contributed by atoms with Gasteiger partial charge in [-0.1, -0.05) is 18.2 Å². The summed E-state index contributed by atoms with van der Waals surface area (Å²) in [6.45, 7) is 0.397. The lowest BCUT2D eigenvalue weighted by molar-refractivity contribution is -0.0253. The van der Waals surface area contributed by atoms with Gasteiger partial charge in [0.25, 0.3) is 0 Å². The van der Waals surface area contributed by atoms with Gasteiger partial charge in [0.1, 0.15) is 6.10 Å². The maximum Gasteiger partial charge on any atom is 0.511 e. The molecule has 0 radical (unpaired) electrons. The van der Waals surface area contributed by atoms with Crippen molar-refractivity contribution in [3.8, 4) is 0 Å². The first-order valence-electron chi connectivity index (χ1n) is 8.86. The van der Waals surface area contributed by atoms with E-state index in [1.165, 1.54) is 4.57 Å². The van der Waals surface area contributed by atoms with E-state index >= 15 is 0 Å². The Morgan fingerprint density at radius 1 is 1.26 bits per heavy atom. The molecule has 0 spiro atoms. The summed E-state index contributed by atoms with van der Waals surface area (Å²) in [6.07, 6.45) is 1.90. The molecule has 1 atom stereocenters. The molecular weight excluding hydrogens is 368 g/mol. The van der Waals surface area contributed by atoms with Crippen molar-refractivity contribution >= 4 is 34.9 Å². The van der Waals surface area contributed by atoms with Crippen LogP contribution in [0.2, 0.25) is 0 Å². The number of rotatable bonds is 6. The van der Waals surface area contributed by atoms with Gasteiger partial charge in [-0.15, -0.1) is 0 Å². The SMILES string of the molecule is CN(C)CCc1cn(C(=O)OCOC(=O)OC2CCSC2)c2ccccc12. The molecule has 1 fully saturated rings. The van der Waals surface area contributed by atoms with Crippen LogP contribution in [0.4, 0.5) is 9.59 Å². The van der Waals surface area contributed by atoms with Crippen molar-refractivity contribution < 1.29 is 23.8 Å². The van der Waals surface area contributed by atoms with Gasteiger partial charge in [0, 0.05) is 23.9 Å². The lowest BCUT2D eigenvalue weighted by atomic mass is 10.1. The van der Waals surface area contributed by atoms with Crippen molar-refractivity contribution in [3.05, 3.63) is 36.0 Å². The number of hydrogen-bond acceptors (Lipinski definition) is 7. The van der Waals surface area contributed by atoms with Gasteiger partial charge in [-0.25, -0.2) is 9.59 Å². The number of aromatic nitrogens is 1. The van der Waals surface area contributed by atoms with E-state index < -0.39 is 19.0 Å². The third-order valence-corrected chi connectivity index (χ3v) is 5.46. The van der Waals surface area contributed by atoms with E-state index in [4.69, 9.17) is 14.2 Å². The fraction of sp³-hybridized carbons (Fsp3) is 0.474. The van der Waals surface area contributed by atoms with Gasteiger partial charge in [0.15, 0.2) is 0 Å². The van der Waals surface area contributed by atoms with Crippen molar-refractivity contribution in [2.24, 2.45) is 0 Å². The van der Waals surface area contributed by atoms with Gasteiger partial charge in [-0.2, -0.15) is 11.8 Å². The summed E-state index contributed by atoms with van der Waals surface area (Å²) in [5.74, 6) is 1.75. The summed E-state index contributed by atoms with van der Waals surface area (Å²) >= 11 is 1.73. The number of benzene rings is 1. The van der Waals surface area contributed by atoms with E-state index in [-0.39, 0.29) is 6.10 Å². The number of ether oxygens (including phenoxy) is 3. The lowest BCUT2D eigenvalue weighted by Crippen LogP contribution is -2.21. The van der Waals surface area contributed by atoms with Crippen molar-refractivity contribution in [3.63, 3.8) is 0 Å². The van der Waals surface area contributed by atoms with Crippen LogP contribution in [0.5, 0.6) is 0 Å². The first kappa shape index (κ1) is 19.6.